The van der Waals surface area contributed by atoms with Crippen LogP contribution in [-0.4, -0.2) is 21.1 Å². The summed E-state index contributed by atoms with van der Waals surface area (Å²) < 4.78 is 5.19. The Morgan fingerprint density at radius 1 is 1.61 bits per heavy atom. The van der Waals surface area contributed by atoms with Gasteiger partial charge in [0.05, 0.1) is 23.6 Å². The fourth-order valence-electron chi connectivity index (χ4n) is 1.57. The number of aromatic amines is 1. The third kappa shape index (κ3) is 2.25. The molecule has 0 atom stereocenters. The van der Waals surface area contributed by atoms with Gasteiger partial charge in [-0.1, -0.05) is 19.1 Å². The second-order valence-electron chi connectivity index (χ2n) is 3.59. The molecule has 0 aliphatic heterocycles. The Kier molecular flexibility index (Phi) is 3.42. The molecule has 0 saturated heterocycles. The molecule has 2 rings (SSSR count). The van der Waals surface area contributed by atoms with Crippen LogP contribution in [0, 0.1) is 0 Å². The highest BCUT2D eigenvalue weighted by molar-refractivity contribution is 7.80. The van der Waals surface area contributed by atoms with Crippen LogP contribution >= 0.6 is 12.2 Å². The Morgan fingerprint density at radius 3 is 3.06 bits per heavy atom. The van der Waals surface area contributed by atoms with Crippen molar-refractivity contribution in [3.8, 4) is 0 Å². The third-order valence-electron chi connectivity index (χ3n) is 2.45. The number of nitrogens with two attached hydrogens (primary N) is 1. The molecule has 0 radical (unpaired) electrons. The largest absolute Gasteiger partial charge is 0.469 e. The molecule has 0 aromatic carbocycles. The van der Waals surface area contributed by atoms with E-state index in [1.165, 1.54) is 12.5 Å². The summed E-state index contributed by atoms with van der Waals surface area (Å²) in [5.41, 5.74) is 6.50. The highest BCUT2D eigenvalue weighted by Crippen LogP contribution is 2.16. The first-order valence-corrected chi connectivity index (χ1v) is 5.75. The lowest BCUT2D eigenvalue weighted by atomic mass is 10.2. The Hall–Kier alpha value is -2.15. The molecule has 0 aliphatic carbocycles. The molecular formula is C11H12N4O2S. The summed E-state index contributed by atoms with van der Waals surface area (Å²) in [5.74, 6) is 0.724. The average Bonchev–Trinajstić information content (AvgIpc) is 2.96. The second kappa shape index (κ2) is 5.01. The number of aryl methyl sites for hydroxylation is 1. The van der Waals surface area contributed by atoms with Crippen LogP contribution < -0.4 is 11.1 Å². The number of hydrogen-bond acceptors (Lipinski definition) is 4. The Labute approximate surface area is 109 Å². The van der Waals surface area contributed by atoms with Crippen molar-refractivity contribution in [2.75, 3.05) is 5.32 Å². The average molecular weight is 264 g/mol. The van der Waals surface area contributed by atoms with E-state index in [0.29, 0.717) is 29.1 Å². The summed E-state index contributed by atoms with van der Waals surface area (Å²) in [4.78, 5) is 12.2. The molecule has 0 fully saturated rings. The molecule has 1 amide bonds. The summed E-state index contributed by atoms with van der Waals surface area (Å²) in [7, 11) is 0. The Balaban J connectivity index is 2.22. The normalized spacial score (nSPS) is 10.3. The van der Waals surface area contributed by atoms with E-state index >= 15 is 0 Å². The van der Waals surface area contributed by atoms with E-state index in [-0.39, 0.29) is 10.9 Å². The number of thiocarbonyl (C=S) groups is 1. The van der Waals surface area contributed by atoms with Gasteiger partial charge < -0.3 is 15.5 Å². The molecule has 4 N–H and O–H groups in total. The molecule has 0 bridgehead atoms. The predicted molar refractivity (Wildman–Crippen MR) is 70.5 cm³/mol. The topological polar surface area (TPSA) is 96.9 Å². The zero-order valence-corrected chi connectivity index (χ0v) is 10.5. The van der Waals surface area contributed by atoms with Crippen molar-refractivity contribution in [2.24, 2.45) is 5.73 Å². The van der Waals surface area contributed by atoms with Gasteiger partial charge in [0.15, 0.2) is 0 Å². The zero-order valence-electron chi connectivity index (χ0n) is 9.69. The number of furan rings is 1. The lowest BCUT2D eigenvalue weighted by Crippen LogP contribution is -2.17. The van der Waals surface area contributed by atoms with Crippen molar-refractivity contribution in [1.82, 2.24) is 10.2 Å². The molecule has 2 aromatic rings. The van der Waals surface area contributed by atoms with E-state index in [2.05, 4.69) is 15.5 Å². The number of hydrogen-bond donors (Lipinski definition) is 3. The fraction of sp³-hybridized carbons (Fsp3) is 0.182. The molecule has 94 valence electrons. The van der Waals surface area contributed by atoms with Crippen LogP contribution in [0.3, 0.4) is 0 Å². The van der Waals surface area contributed by atoms with E-state index in [9.17, 15) is 4.79 Å². The SMILES string of the molecule is CCc1occc1C(=O)Nc1[nH]ncc1C(N)=S. The van der Waals surface area contributed by atoms with Crippen molar-refractivity contribution in [3.63, 3.8) is 0 Å². The highest BCUT2D eigenvalue weighted by atomic mass is 32.1. The van der Waals surface area contributed by atoms with Crippen molar-refractivity contribution in [2.45, 2.75) is 13.3 Å². The van der Waals surface area contributed by atoms with Gasteiger partial charge in [0.2, 0.25) is 0 Å². The first kappa shape index (κ1) is 12.3. The summed E-state index contributed by atoms with van der Waals surface area (Å²) in [5, 5.41) is 9.09. The number of carbonyl (C=O) groups is 1. The van der Waals surface area contributed by atoms with Crippen LogP contribution in [0.4, 0.5) is 5.82 Å². The van der Waals surface area contributed by atoms with Crippen molar-refractivity contribution < 1.29 is 9.21 Å². The van der Waals surface area contributed by atoms with Gasteiger partial charge in [0.25, 0.3) is 5.91 Å². The first-order valence-electron chi connectivity index (χ1n) is 5.34. The van der Waals surface area contributed by atoms with E-state index in [1.54, 1.807) is 6.07 Å². The van der Waals surface area contributed by atoms with Crippen LogP contribution in [0.1, 0.15) is 28.6 Å². The van der Waals surface area contributed by atoms with Gasteiger partial charge in [-0.25, -0.2) is 0 Å². The minimum absolute atomic E-state index is 0.168. The number of carbonyl (C=O) groups excluding carboxylic acids is 1. The van der Waals surface area contributed by atoms with Crippen molar-refractivity contribution >= 4 is 28.9 Å². The predicted octanol–water partition coefficient (Wildman–Crippen LogP) is 1.45. The molecule has 2 aromatic heterocycles. The quantitative estimate of drug-likeness (QED) is 0.726. The number of nitrogens with one attached hydrogen (secondary N) is 2. The molecule has 6 nitrogen and oxygen atoms in total. The molecule has 0 unspecified atom stereocenters. The maximum absolute atomic E-state index is 12.0. The van der Waals surface area contributed by atoms with E-state index in [0.717, 1.165) is 0 Å². The van der Waals surface area contributed by atoms with Crippen LogP contribution in [-0.2, 0) is 6.42 Å². The van der Waals surface area contributed by atoms with Crippen molar-refractivity contribution in [1.29, 1.82) is 0 Å². The number of anilines is 1. The number of aromatic nitrogens is 2. The van der Waals surface area contributed by atoms with Crippen LogP contribution in [0.15, 0.2) is 22.9 Å². The monoisotopic (exact) mass is 264 g/mol. The van der Waals surface area contributed by atoms with Gasteiger partial charge in [-0.3, -0.25) is 9.89 Å². The van der Waals surface area contributed by atoms with Gasteiger partial charge >= 0.3 is 0 Å². The Morgan fingerprint density at radius 2 is 2.39 bits per heavy atom. The number of rotatable bonds is 4. The van der Waals surface area contributed by atoms with Gasteiger partial charge in [-0.05, 0) is 6.07 Å². The lowest BCUT2D eigenvalue weighted by molar-refractivity contribution is 0.102. The minimum Gasteiger partial charge on any atom is -0.469 e. The lowest BCUT2D eigenvalue weighted by Gasteiger charge is -2.04. The number of nitrogens with zero attached hydrogens (tertiary/aromatic N) is 1. The van der Waals surface area contributed by atoms with Gasteiger partial charge in [0.1, 0.15) is 16.6 Å². The van der Waals surface area contributed by atoms with E-state index < -0.39 is 0 Å². The zero-order chi connectivity index (χ0) is 13.1. The molecule has 0 saturated carbocycles. The smallest absolute Gasteiger partial charge is 0.260 e. The van der Waals surface area contributed by atoms with Crippen LogP contribution in [0.2, 0.25) is 0 Å². The van der Waals surface area contributed by atoms with Gasteiger partial charge in [-0.15, -0.1) is 0 Å². The molecule has 2 heterocycles. The third-order valence-corrected chi connectivity index (χ3v) is 2.67. The fourth-order valence-corrected chi connectivity index (χ4v) is 1.72. The summed E-state index contributed by atoms with van der Waals surface area (Å²) in [6.07, 6.45) is 3.59. The maximum atomic E-state index is 12.0. The molecular weight excluding hydrogens is 252 g/mol. The first-order chi connectivity index (χ1) is 8.63. The van der Waals surface area contributed by atoms with Crippen molar-refractivity contribution in [3.05, 3.63) is 35.4 Å². The molecule has 7 heteroatoms. The summed E-state index contributed by atoms with van der Waals surface area (Å²) in [6.45, 7) is 1.91. The van der Waals surface area contributed by atoms with E-state index in [1.807, 2.05) is 6.92 Å². The standard InChI is InChI=1S/C11H12N4O2S/c1-2-8-6(3-4-17-8)11(16)14-10-7(9(12)18)5-13-15-10/h3-5H,2H2,1H3,(H2,12,18)(H2,13,14,15,16). The molecule has 0 spiro atoms. The van der Waals surface area contributed by atoms with Gasteiger partial charge in [-0.2, -0.15) is 5.10 Å². The highest BCUT2D eigenvalue weighted by Gasteiger charge is 2.16. The molecule has 18 heavy (non-hydrogen) atoms. The number of H-pyrrole nitrogens is 1. The number of amides is 1. The molecule has 0 aliphatic rings. The summed E-state index contributed by atoms with van der Waals surface area (Å²) in [6, 6.07) is 1.62. The Bertz CT molecular complexity index is 587. The van der Waals surface area contributed by atoms with E-state index in [4.69, 9.17) is 22.4 Å². The van der Waals surface area contributed by atoms with Crippen LogP contribution in [0.5, 0.6) is 0 Å². The minimum atomic E-state index is -0.289. The summed E-state index contributed by atoms with van der Waals surface area (Å²) >= 11 is 4.85. The van der Waals surface area contributed by atoms with Crippen LogP contribution in [0.25, 0.3) is 0 Å². The van der Waals surface area contributed by atoms with Gasteiger partial charge in [0, 0.05) is 6.42 Å². The maximum Gasteiger partial charge on any atom is 0.260 e. The second-order valence-corrected chi connectivity index (χ2v) is 4.03.